The van der Waals surface area contributed by atoms with Crippen molar-refractivity contribution in [2.24, 2.45) is 0 Å². The van der Waals surface area contributed by atoms with Gasteiger partial charge in [0.2, 0.25) is 5.88 Å². The van der Waals surface area contributed by atoms with Gasteiger partial charge in [0.25, 0.3) is 11.3 Å². The summed E-state index contributed by atoms with van der Waals surface area (Å²) < 4.78 is 74.8. The van der Waals surface area contributed by atoms with Crippen molar-refractivity contribution in [3.05, 3.63) is 64.0 Å². The number of halogens is 4. The Morgan fingerprint density at radius 1 is 1.30 bits per heavy atom. The number of hydrogen-bond acceptors (Lipinski definition) is 6. The lowest BCUT2D eigenvalue weighted by molar-refractivity contribution is -0.144. The van der Waals surface area contributed by atoms with Crippen LogP contribution in [0.25, 0.3) is 0 Å². The van der Waals surface area contributed by atoms with Crippen LogP contribution in [0, 0.1) is 0 Å². The van der Waals surface area contributed by atoms with Crippen LogP contribution in [0.1, 0.15) is 42.6 Å². The van der Waals surface area contributed by atoms with Crippen LogP contribution >= 0.6 is 15.9 Å². The van der Waals surface area contributed by atoms with E-state index in [1.165, 1.54) is 28.7 Å². The summed E-state index contributed by atoms with van der Waals surface area (Å²) in [4.78, 5) is 16.1. The van der Waals surface area contributed by atoms with Crippen LogP contribution in [0.2, 0.25) is 0 Å². The minimum atomic E-state index is -4.46. The molecule has 1 N–H and O–H groups in total. The zero-order valence-electron chi connectivity index (χ0n) is 19.4. The molecule has 1 aliphatic carbocycles. The van der Waals surface area contributed by atoms with Crippen molar-refractivity contribution in [3.8, 4) is 11.6 Å². The number of ether oxygens (including phenoxy) is 2. The first-order chi connectivity index (χ1) is 17.6. The third kappa shape index (κ3) is 6.13. The van der Waals surface area contributed by atoms with Gasteiger partial charge in [0.05, 0.1) is 40.8 Å². The number of alkyl halides is 3. The topological polar surface area (TPSA) is 107 Å². The lowest BCUT2D eigenvalue weighted by atomic mass is 9.92. The highest BCUT2D eigenvalue weighted by Crippen LogP contribution is 2.40. The van der Waals surface area contributed by atoms with Gasteiger partial charge in [-0.2, -0.15) is 18.3 Å². The molecule has 198 valence electrons. The lowest BCUT2D eigenvalue weighted by Gasteiger charge is -2.32. The molecule has 0 bridgehead atoms. The zero-order valence-corrected chi connectivity index (χ0v) is 21.8. The van der Waals surface area contributed by atoms with Gasteiger partial charge in [-0.25, -0.2) is 9.19 Å². The highest BCUT2D eigenvalue weighted by molar-refractivity contribution is 9.10. The Morgan fingerprint density at radius 3 is 2.65 bits per heavy atom. The van der Waals surface area contributed by atoms with E-state index in [0.29, 0.717) is 29.4 Å². The molecule has 0 saturated heterocycles. The normalized spacial score (nSPS) is 16.1. The van der Waals surface area contributed by atoms with Crippen molar-refractivity contribution in [1.29, 1.82) is 0 Å². The van der Waals surface area contributed by atoms with Crippen molar-refractivity contribution >= 4 is 38.9 Å². The average Bonchev–Trinajstić information content (AvgIpc) is 3.24. The first kappa shape index (κ1) is 27.1. The fourth-order valence-electron chi connectivity index (χ4n) is 4.12. The van der Waals surface area contributed by atoms with Crippen LogP contribution in [0.3, 0.4) is 0 Å². The molecule has 0 radical (unpaired) electrons. The number of fused-ring (bicyclic) bond motifs is 1. The molecule has 1 aliphatic rings. The zero-order chi connectivity index (χ0) is 26.7. The van der Waals surface area contributed by atoms with Crippen LogP contribution in [-0.2, 0) is 39.9 Å². The Hall–Kier alpha value is -2.97. The molecule has 14 heteroatoms. The lowest BCUT2D eigenvalue weighted by Crippen LogP contribution is -2.33. The summed E-state index contributed by atoms with van der Waals surface area (Å²) in [6.07, 6.45) is 0.379. The van der Waals surface area contributed by atoms with Crippen LogP contribution in [-0.4, -0.2) is 36.1 Å². The minimum Gasteiger partial charge on any atom is -0.465 e. The molecule has 4 rings (SSSR count). The summed E-state index contributed by atoms with van der Waals surface area (Å²) in [7, 11) is 0. The number of pyridine rings is 1. The third-order valence-electron chi connectivity index (χ3n) is 5.71. The maximum Gasteiger partial charge on any atom is 0.416 e. The largest absolute Gasteiger partial charge is 0.465 e. The molecule has 0 spiro atoms. The Kier molecular flexibility index (Phi) is 8.19. The Bertz CT molecular complexity index is 1300. The van der Waals surface area contributed by atoms with E-state index in [-0.39, 0.29) is 24.8 Å². The van der Waals surface area contributed by atoms with Crippen molar-refractivity contribution in [2.75, 3.05) is 10.9 Å². The Morgan fingerprint density at radius 2 is 2.03 bits per heavy atom. The summed E-state index contributed by atoms with van der Waals surface area (Å²) >= 11 is 0.896. The van der Waals surface area contributed by atoms with E-state index in [0.717, 1.165) is 23.4 Å². The number of rotatable bonds is 8. The monoisotopic (exact) mass is 602 g/mol. The van der Waals surface area contributed by atoms with Crippen molar-refractivity contribution in [1.82, 2.24) is 14.8 Å². The smallest absolute Gasteiger partial charge is 0.416 e. The maximum atomic E-state index is 12.8. The fourth-order valence-corrected chi connectivity index (χ4v) is 5.25. The fraction of sp³-hybridized carbons (Fsp3) is 0.348. The van der Waals surface area contributed by atoms with Crippen LogP contribution < -0.4 is 9.04 Å². The summed E-state index contributed by atoms with van der Waals surface area (Å²) in [5, 5.41) is 4.30. The van der Waals surface area contributed by atoms with Crippen LogP contribution in [0.15, 0.2) is 47.2 Å². The Labute approximate surface area is 221 Å². The predicted molar refractivity (Wildman–Crippen MR) is 131 cm³/mol. The van der Waals surface area contributed by atoms with Gasteiger partial charge in [-0.1, -0.05) is 0 Å². The van der Waals surface area contributed by atoms with E-state index in [1.807, 2.05) is 0 Å². The highest BCUT2D eigenvalue weighted by atomic mass is 79.9. The minimum absolute atomic E-state index is 0.0544. The first-order valence-corrected chi connectivity index (χ1v) is 13.0. The molecule has 0 aliphatic heterocycles. The standard InChI is InChI=1S/C23H22BrF3N4O5S/c1-2-35-21(32)13-30-19-4-3-5-20(17(19)12-29-30)31(37(33)34)15-10-18(24)22(28-11-15)36-16-8-6-14(7-9-16)23(25,26)27/h6-12,20H,2-5,13H2,1H3,(H,33,34). The van der Waals surface area contributed by atoms with Crippen LogP contribution in [0.5, 0.6) is 11.6 Å². The molecule has 37 heavy (non-hydrogen) atoms. The van der Waals surface area contributed by atoms with Crippen molar-refractivity contribution in [3.63, 3.8) is 0 Å². The molecule has 3 aromatic rings. The first-order valence-electron chi connectivity index (χ1n) is 11.2. The predicted octanol–water partition coefficient (Wildman–Crippen LogP) is 5.44. The SMILES string of the molecule is CCOC(=O)Cn1ncc2c1CCCC2N(c1cnc(Oc2ccc(C(F)(F)F)cc2)c(Br)c1)S(=O)O. The summed E-state index contributed by atoms with van der Waals surface area (Å²) in [5.74, 6) is -0.212. The molecular weight excluding hydrogens is 581 g/mol. The van der Waals surface area contributed by atoms with Gasteiger partial charge >= 0.3 is 12.1 Å². The summed E-state index contributed by atoms with van der Waals surface area (Å²) in [6.45, 7) is 1.91. The van der Waals surface area contributed by atoms with E-state index in [4.69, 9.17) is 9.47 Å². The Balaban J connectivity index is 1.57. The van der Waals surface area contributed by atoms with Gasteiger partial charge in [-0.05, 0) is 72.4 Å². The molecule has 0 amide bonds. The molecule has 1 aromatic carbocycles. The van der Waals surface area contributed by atoms with Gasteiger partial charge in [0.15, 0.2) is 0 Å². The number of carbonyl (C=O) groups excluding carboxylic acids is 1. The average molecular weight is 603 g/mol. The van der Waals surface area contributed by atoms with E-state index in [2.05, 4.69) is 26.0 Å². The molecular formula is C23H22BrF3N4O5S. The molecule has 9 nitrogen and oxygen atoms in total. The number of hydrogen-bond donors (Lipinski definition) is 1. The van der Waals surface area contributed by atoms with E-state index in [9.17, 15) is 26.7 Å². The molecule has 2 unspecified atom stereocenters. The van der Waals surface area contributed by atoms with E-state index >= 15 is 0 Å². The van der Waals surface area contributed by atoms with Crippen molar-refractivity contribution < 1.29 is 36.2 Å². The van der Waals surface area contributed by atoms with Gasteiger partial charge in [0, 0.05) is 11.3 Å². The summed E-state index contributed by atoms with van der Waals surface area (Å²) in [6, 6.07) is 5.18. The maximum absolute atomic E-state index is 12.8. The number of benzene rings is 1. The molecule has 0 saturated carbocycles. The van der Waals surface area contributed by atoms with E-state index in [1.54, 1.807) is 17.8 Å². The van der Waals surface area contributed by atoms with Crippen molar-refractivity contribution in [2.45, 2.75) is 44.9 Å². The number of aromatic nitrogens is 3. The second-order valence-corrected chi connectivity index (χ2v) is 9.79. The van der Waals surface area contributed by atoms with Gasteiger partial charge < -0.3 is 9.47 Å². The summed E-state index contributed by atoms with van der Waals surface area (Å²) in [5.41, 5.74) is 1.01. The van der Waals surface area contributed by atoms with Crippen LogP contribution in [0.4, 0.5) is 18.9 Å². The van der Waals surface area contributed by atoms with E-state index < -0.39 is 35.0 Å². The number of anilines is 1. The molecule has 2 aromatic heterocycles. The number of carbonyl (C=O) groups is 1. The van der Waals surface area contributed by atoms with Gasteiger partial charge in [0.1, 0.15) is 12.3 Å². The molecule has 2 atom stereocenters. The van der Waals surface area contributed by atoms with Gasteiger partial charge in [-0.15, -0.1) is 0 Å². The molecule has 2 heterocycles. The third-order valence-corrected chi connectivity index (χ3v) is 7.08. The molecule has 0 fully saturated rings. The van der Waals surface area contributed by atoms with Gasteiger partial charge in [-0.3, -0.25) is 18.3 Å². The highest BCUT2D eigenvalue weighted by Gasteiger charge is 2.33. The number of esters is 1. The quantitative estimate of drug-likeness (QED) is 0.270. The second-order valence-electron chi connectivity index (χ2n) is 8.08. The second kappa shape index (κ2) is 11.2. The number of nitrogens with zero attached hydrogens (tertiary/aromatic N) is 4.